The van der Waals surface area contributed by atoms with Crippen molar-refractivity contribution >= 4 is 17.6 Å². The molecule has 6 heteroatoms. The quantitative estimate of drug-likeness (QED) is 0.756. The van der Waals surface area contributed by atoms with Crippen molar-refractivity contribution in [3.8, 4) is 11.8 Å². The average molecular weight is 366 g/mol. The van der Waals surface area contributed by atoms with Gasteiger partial charge in [0.05, 0.1) is 11.6 Å². The number of nitrogens with one attached hydrogen (secondary N) is 1. The fourth-order valence-electron chi connectivity index (χ4n) is 2.25. The summed E-state index contributed by atoms with van der Waals surface area (Å²) >= 11 is 0. The number of nitrogens with zero attached hydrogens (tertiary/aromatic N) is 1. The first-order valence-corrected chi connectivity index (χ1v) is 8.62. The lowest BCUT2D eigenvalue weighted by molar-refractivity contribution is -0.155. The van der Waals surface area contributed by atoms with Gasteiger partial charge in [0, 0.05) is 5.69 Å². The van der Waals surface area contributed by atoms with Crippen molar-refractivity contribution in [2.45, 2.75) is 32.8 Å². The van der Waals surface area contributed by atoms with Crippen LogP contribution in [0.25, 0.3) is 0 Å². The minimum Gasteiger partial charge on any atom is -0.482 e. The monoisotopic (exact) mass is 366 g/mol. The largest absolute Gasteiger partial charge is 0.482 e. The van der Waals surface area contributed by atoms with Crippen LogP contribution >= 0.6 is 0 Å². The van der Waals surface area contributed by atoms with Gasteiger partial charge in [-0.1, -0.05) is 26.0 Å². The van der Waals surface area contributed by atoms with Crippen molar-refractivity contribution in [2.75, 3.05) is 11.9 Å². The first kappa shape index (κ1) is 20.0. The van der Waals surface area contributed by atoms with Crippen LogP contribution in [0.4, 0.5) is 5.69 Å². The number of benzene rings is 2. The topological polar surface area (TPSA) is 88.4 Å². The van der Waals surface area contributed by atoms with Crippen LogP contribution in [0.3, 0.4) is 0 Å². The second kappa shape index (κ2) is 9.39. The van der Waals surface area contributed by atoms with Crippen molar-refractivity contribution in [1.29, 1.82) is 5.26 Å². The molecule has 1 atom stereocenters. The zero-order chi connectivity index (χ0) is 19.8. The molecule has 0 aliphatic rings. The standard InChI is InChI=1S/C21H22N2O4/c1-14(2)17-6-10-19(11-7-17)26-13-20(24)27-15(3)21(25)23-18-8-4-16(12-22)5-9-18/h4-11,14-15H,13H2,1-3H3,(H,23,25)/t15-/m0/s1. The van der Waals surface area contributed by atoms with Crippen molar-refractivity contribution < 1.29 is 19.1 Å². The van der Waals surface area contributed by atoms with Gasteiger partial charge >= 0.3 is 5.97 Å². The number of carbonyl (C=O) groups excluding carboxylic acids is 2. The van der Waals surface area contributed by atoms with Crippen LogP contribution in [0.2, 0.25) is 0 Å². The lowest BCUT2D eigenvalue weighted by atomic mass is 10.0. The van der Waals surface area contributed by atoms with Gasteiger partial charge in [0.25, 0.3) is 5.91 Å². The Morgan fingerprint density at radius 2 is 1.67 bits per heavy atom. The van der Waals surface area contributed by atoms with Crippen LogP contribution in [0.15, 0.2) is 48.5 Å². The molecule has 0 bridgehead atoms. The first-order chi connectivity index (χ1) is 12.9. The highest BCUT2D eigenvalue weighted by Crippen LogP contribution is 2.18. The molecular weight excluding hydrogens is 344 g/mol. The maximum Gasteiger partial charge on any atom is 0.344 e. The number of anilines is 1. The molecule has 0 unspecified atom stereocenters. The Balaban J connectivity index is 1.79. The Kier molecular flexibility index (Phi) is 6.95. The predicted octanol–water partition coefficient (Wildman–Crippen LogP) is 3.63. The number of rotatable bonds is 7. The molecule has 1 amide bonds. The fraction of sp³-hybridized carbons (Fsp3) is 0.286. The van der Waals surface area contributed by atoms with E-state index in [9.17, 15) is 9.59 Å². The molecule has 0 aliphatic carbocycles. The highest BCUT2D eigenvalue weighted by atomic mass is 16.6. The van der Waals surface area contributed by atoms with E-state index in [0.29, 0.717) is 22.9 Å². The Morgan fingerprint density at radius 3 is 2.22 bits per heavy atom. The normalized spacial score (nSPS) is 11.4. The maximum atomic E-state index is 12.1. The molecular formula is C21H22N2O4. The van der Waals surface area contributed by atoms with Crippen molar-refractivity contribution in [3.63, 3.8) is 0 Å². The Bertz CT molecular complexity index is 821. The van der Waals surface area contributed by atoms with Crippen LogP contribution in [0.1, 0.15) is 37.8 Å². The van der Waals surface area contributed by atoms with Gasteiger partial charge in [-0.25, -0.2) is 4.79 Å². The van der Waals surface area contributed by atoms with E-state index in [4.69, 9.17) is 14.7 Å². The van der Waals surface area contributed by atoms with Crippen LogP contribution in [0.5, 0.6) is 5.75 Å². The Hall–Kier alpha value is -3.33. The molecule has 0 saturated carbocycles. The molecule has 2 rings (SSSR count). The molecule has 0 radical (unpaired) electrons. The second-order valence-corrected chi connectivity index (χ2v) is 6.32. The lowest BCUT2D eigenvalue weighted by Crippen LogP contribution is -2.31. The van der Waals surface area contributed by atoms with Gasteiger partial charge in [0.1, 0.15) is 5.75 Å². The van der Waals surface area contributed by atoms with Gasteiger partial charge in [0.15, 0.2) is 12.7 Å². The Labute approximate surface area is 158 Å². The third kappa shape index (κ3) is 6.15. The van der Waals surface area contributed by atoms with Gasteiger partial charge in [-0.2, -0.15) is 5.26 Å². The highest BCUT2D eigenvalue weighted by Gasteiger charge is 2.18. The van der Waals surface area contributed by atoms with Crippen LogP contribution in [0, 0.1) is 11.3 Å². The van der Waals surface area contributed by atoms with Crippen molar-refractivity contribution in [1.82, 2.24) is 0 Å². The van der Waals surface area contributed by atoms with Gasteiger partial charge in [-0.05, 0) is 54.8 Å². The molecule has 2 aromatic rings. The molecule has 0 saturated heterocycles. The van der Waals surface area contributed by atoms with E-state index in [-0.39, 0.29) is 6.61 Å². The molecule has 0 aliphatic heterocycles. The van der Waals surface area contributed by atoms with Gasteiger partial charge in [-0.3, -0.25) is 4.79 Å². The number of hydrogen-bond acceptors (Lipinski definition) is 5. The van der Waals surface area contributed by atoms with E-state index in [0.717, 1.165) is 0 Å². The van der Waals surface area contributed by atoms with E-state index in [1.165, 1.54) is 12.5 Å². The summed E-state index contributed by atoms with van der Waals surface area (Å²) < 4.78 is 10.5. The smallest absolute Gasteiger partial charge is 0.344 e. The summed E-state index contributed by atoms with van der Waals surface area (Å²) in [6, 6.07) is 15.9. The molecule has 1 N–H and O–H groups in total. The minimum atomic E-state index is -0.972. The van der Waals surface area contributed by atoms with Gasteiger partial charge in [0.2, 0.25) is 0 Å². The summed E-state index contributed by atoms with van der Waals surface area (Å²) in [6.45, 7) is 5.39. The average Bonchev–Trinajstić information content (AvgIpc) is 2.67. The number of ether oxygens (including phenoxy) is 2. The molecule has 0 aromatic heterocycles. The lowest BCUT2D eigenvalue weighted by Gasteiger charge is -2.14. The van der Waals surface area contributed by atoms with Crippen LogP contribution in [-0.2, 0) is 14.3 Å². The summed E-state index contributed by atoms with van der Waals surface area (Å²) in [7, 11) is 0. The Morgan fingerprint density at radius 1 is 1.04 bits per heavy atom. The predicted molar refractivity (Wildman–Crippen MR) is 101 cm³/mol. The first-order valence-electron chi connectivity index (χ1n) is 8.62. The third-order valence-corrected chi connectivity index (χ3v) is 3.86. The van der Waals surface area contributed by atoms with E-state index in [1.54, 1.807) is 36.4 Å². The van der Waals surface area contributed by atoms with Crippen molar-refractivity contribution in [2.24, 2.45) is 0 Å². The summed E-state index contributed by atoms with van der Waals surface area (Å²) in [5, 5.41) is 11.4. The highest BCUT2D eigenvalue weighted by molar-refractivity contribution is 5.95. The molecule has 0 spiro atoms. The van der Waals surface area contributed by atoms with Gasteiger partial charge < -0.3 is 14.8 Å². The van der Waals surface area contributed by atoms with E-state index >= 15 is 0 Å². The number of nitriles is 1. The molecule has 2 aromatic carbocycles. The van der Waals surface area contributed by atoms with E-state index in [2.05, 4.69) is 19.2 Å². The number of amides is 1. The fourth-order valence-corrected chi connectivity index (χ4v) is 2.25. The summed E-state index contributed by atoms with van der Waals surface area (Å²) in [4.78, 5) is 24.0. The minimum absolute atomic E-state index is 0.282. The molecule has 6 nitrogen and oxygen atoms in total. The molecule has 0 heterocycles. The molecule has 27 heavy (non-hydrogen) atoms. The summed E-state index contributed by atoms with van der Waals surface area (Å²) in [5.41, 5.74) is 2.19. The number of carbonyl (C=O) groups is 2. The second-order valence-electron chi connectivity index (χ2n) is 6.32. The van der Waals surface area contributed by atoms with Crippen LogP contribution in [-0.4, -0.2) is 24.6 Å². The number of esters is 1. The van der Waals surface area contributed by atoms with Crippen LogP contribution < -0.4 is 10.1 Å². The third-order valence-electron chi connectivity index (χ3n) is 3.86. The zero-order valence-corrected chi connectivity index (χ0v) is 15.6. The molecule has 0 fully saturated rings. The maximum absolute atomic E-state index is 12.1. The summed E-state index contributed by atoms with van der Waals surface area (Å²) in [5.74, 6) is -0.120. The molecule has 140 valence electrons. The van der Waals surface area contributed by atoms with E-state index < -0.39 is 18.0 Å². The SMILES string of the molecule is CC(C)c1ccc(OCC(=O)O[C@@H](C)C(=O)Nc2ccc(C#N)cc2)cc1. The van der Waals surface area contributed by atoms with E-state index in [1.807, 2.05) is 18.2 Å². The summed E-state index contributed by atoms with van der Waals surface area (Å²) in [6.07, 6.45) is -0.972. The number of hydrogen-bond donors (Lipinski definition) is 1. The van der Waals surface area contributed by atoms with Crippen molar-refractivity contribution in [3.05, 3.63) is 59.7 Å². The van der Waals surface area contributed by atoms with Gasteiger partial charge in [-0.15, -0.1) is 0 Å². The zero-order valence-electron chi connectivity index (χ0n) is 15.6.